The molecule has 0 atom stereocenters. The Bertz CT molecular complexity index is 46.7. The first-order valence-electron chi connectivity index (χ1n) is 1.06. The third-order valence-electron chi connectivity index (χ3n) is 0.122. The van der Waals surface area contributed by atoms with E-state index >= 15 is 0 Å². The van der Waals surface area contributed by atoms with Gasteiger partial charge in [0, 0.05) is 0 Å². The van der Waals surface area contributed by atoms with E-state index in [1.165, 1.54) is 0 Å². The van der Waals surface area contributed by atoms with Gasteiger partial charge in [-0.05, 0) is 0 Å². The van der Waals surface area contributed by atoms with Crippen LogP contribution in [-0.2, 0) is 4.58 Å². The monoisotopic (exact) mass is 166 g/mol. The van der Waals surface area contributed by atoms with Crippen LogP contribution in [0.3, 0.4) is 0 Å². The van der Waals surface area contributed by atoms with Crippen molar-refractivity contribution in [3.63, 3.8) is 0 Å². The van der Waals surface area contributed by atoms with Crippen LogP contribution in [0.4, 0.5) is 0 Å². The summed E-state index contributed by atoms with van der Waals surface area (Å²) >= 11 is 0. The number of hydrogen-bond acceptors (Lipinski definition) is 5. The van der Waals surface area contributed by atoms with Crippen LogP contribution in [0.2, 0.25) is 0 Å². The van der Waals surface area contributed by atoms with Gasteiger partial charge in [0.1, 0.15) is 0 Å². The fourth-order valence-electron chi connectivity index (χ4n) is 0. The molecule has 0 radical (unpaired) electrons. The zero-order valence-corrected chi connectivity index (χ0v) is 6.70. The molecule has 0 amide bonds. The molecule has 8 heteroatoms. The van der Waals surface area contributed by atoms with Crippen molar-refractivity contribution < 1.29 is 55.2 Å². The summed E-state index contributed by atoms with van der Waals surface area (Å²) in [6, 6.07) is 0. The fraction of sp³-hybridized carbons (Fsp3) is 0. The van der Waals surface area contributed by atoms with E-state index in [0.29, 0.717) is 0 Å². The minimum absolute atomic E-state index is 0. The molecule has 0 saturated carbocycles. The van der Waals surface area contributed by atoms with Crippen molar-refractivity contribution in [3.8, 4) is 0 Å². The van der Waals surface area contributed by atoms with Gasteiger partial charge in [0.05, 0.1) is 0 Å². The van der Waals surface area contributed by atoms with Crippen LogP contribution in [0.25, 0.3) is 0 Å². The molecular formula is H8AlNaO5Si. The van der Waals surface area contributed by atoms with Crippen molar-refractivity contribution in [2.75, 3.05) is 0 Å². The third kappa shape index (κ3) is 15.6. The molecule has 0 aliphatic rings. The predicted molar refractivity (Wildman–Crippen MR) is 27.2 cm³/mol. The maximum atomic E-state index is 7.60. The van der Waals surface area contributed by atoms with Gasteiger partial charge in [-0.15, -0.1) is 0 Å². The molecule has 46 valence electrons. The fourth-order valence-corrected chi connectivity index (χ4v) is 0. The minimum Gasteiger partial charge on any atom is -1.00 e. The molecule has 0 aromatic carbocycles. The van der Waals surface area contributed by atoms with Crippen LogP contribution < -0.4 is 29.6 Å². The Labute approximate surface area is 81.2 Å². The molecule has 0 bridgehead atoms. The maximum Gasteiger partial charge on any atom is 1.00 e. The van der Waals surface area contributed by atoms with E-state index in [1.54, 1.807) is 0 Å². The van der Waals surface area contributed by atoms with Crippen LogP contribution in [-0.4, -0.2) is 46.1 Å². The molecular weight excluding hydrogens is 158 g/mol. The van der Waals surface area contributed by atoms with E-state index in [9.17, 15) is 0 Å². The van der Waals surface area contributed by atoms with Crippen LogP contribution in [0.15, 0.2) is 0 Å². The summed E-state index contributed by atoms with van der Waals surface area (Å²) in [5, 5.41) is 7.21. The summed E-state index contributed by atoms with van der Waals surface area (Å²) in [5.41, 5.74) is 0. The summed E-state index contributed by atoms with van der Waals surface area (Å²) in [7, 11) is -4.58. The molecule has 0 spiro atoms. The molecule has 0 aromatic heterocycles. The summed E-state index contributed by atoms with van der Waals surface area (Å²) in [5.74, 6) is 0. The van der Waals surface area contributed by atoms with E-state index in [1.807, 2.05) is 0 Å². The second-order valence-electron chi connectivity index (χ2n) is 0.665. The second-order valence-corrected chi connectivity index (χ2v) is 2.00. The maximum absolute atomic E-state index is 7.60. The molecule has 0 aliphatic carbocycles. The van der Waals surface area contributed by atoms with Gasteiger partial charge in [-0.1, -0.05) is 0 Å². The average molecular weight is 166 g/mol. The Hall–Kier alpha value is 1.55. The van der Waals surface area contributed by atoms with Gasteiger partial charge < -0.3 is 15.8 Å². The normalized spacial score (nSPS) is 9.00. The average Bonchev–Trinajstić information content (AvgIpc) is 1.35. The zero-order valence-electron chi connectivity index (χ0n) is 4.70. The van der Waals surface area contributed by atoms with Gasteiger partial charge in [0.15, 0.2) is 17.4 Å². The van der Waals surface area contributed by atoms with Crippen LogP contribution in [0.5, 0.6) is 0 Å². The Balaban J connectivity index is -0.0000000417. The smallest absolute Gasteiger partial charge is 1.00 e. The minimum atomic E-state index is -4.58. The molecule has 0 saturated heterocycles. The van der Waals surface area contributed by atoms with E-state index in [4.69, 9.17) is 19.6 Å². The predicted octanol–water partition coefficient (Wildman–Crippen LogP) is -6.18. The van der Waals surface area contributed by atoms with Crippen molar-refractivity contribution in [2.24, 2.45) is 0 Å². The van der Waals surface area contributed by atoms with E-state index in [-0.39, 0.29) is 48.3 Å². The Morgan fingerprint density at radius 3 is 1.38 bits per heavy atom. The quantitative estimate of drug-likeness (QED) is 0.177. The molecule has 0 unspecified atom stereocenters. The van der Waals surface area contributed by atoms with Gasteiger partial charge in [0.2, 0.25) is 0 Å². The first-order chi connectivity index (χ1) is 2.56. The third-order valence-corrected chi connectivity index (χ3v) is 0.367. The molecule has 0 aromatic rings. The van der Waals surface area contributed by atoms with Crippen LogP contribution in [0, 0.1) is 0 Å². The summed E-state index contributed by atoms with van der Waals surface area (Å²) in [4.78, 5) is 22.8. The number of hydrogen-bond donors (Lipinski definition) is 4. The van der Waals surface area contributed by atoms with Crippen molar-refractivity contribution in [2.45, 2.75) is 0 Å². The van der Waals surface area contributed by atoms with E-state index < -0.39 is 9.05 Å². The van der Waals surface area contributed by atoms with Crippen molar-refractivity contribution >= 4 is 26.4 Å². The van der Waals surface area contributed by atoms with E-state index in [0.717, 1.165) is 0 Å². The topological polar surface area (TPSA) is 90.2 Å². The van der Waals surface area contributed by atoms with Crippen molar-refractivity contribution in [3.05, 3.63) is 0 Å². The van der Waals surface area contributed by atoms with Gasteiger partial charge in [-0.2, -0.15) is 4.58 Å². The summed E-state index contributed by atoms with van der Waals surface area (Å²) in [6.45, 7) is 0. The van der Waals surface area contributed by atoms with Crippen LogP contribution in [0.1, 0.15) is 1.43 Å². The second kappa shape index (κ2) is 6.67. The Morgan fingerprint density at radius 1 is 1.25 bits per heavy atom. The molecule has 5 nitrogen and oxygen atoms in total. The van der Waals surface area contributed by atoms with Crippen LogP contribution >= 0.6 is 0 Å². The standard InChI is InChI=1S/Al.Na.H4O5Si.4H/c;;1-5-6(2,3)4;;;;/h;;1-4H;;;;/q;+1;;;;;-1. The SMILES string of the molecule is OO[Si](O)(O)O.[AlH3].[H-].[Na+]. The molecule has 0 aliphatic heterocycles. The van der Waals surface area contributed by atoms with Gasteiger partial charge in [0.25, 0.3) is 0 Å². The van der Waals surface area contributed by atoms with Gasteiger partial charge in [-0.3, -0.25) is 5.26 Å². The first-order valence-corrected chi connectivity index (χ1v) is 2.81. The summed E-state index contributed by atoms with van der Waals surface area (Å²) < 4.78 is 2.74. The molecule has 0 fully saturated rings. The molecule has 0 heterocycles. The largest absolute Gasteiger partial charge is 1.00 e. The Morgan fingerprint density at radius 2 is 1.38 bits per heavy atom. The van der Waals surface area contributed by atoms with Crippen molar-refractivity contribution in [1.29, 1.82) is 0 Å². The van der Waals surface area contributed by atoms with Gasteiger partial charge >= 0.3 is 38.6 Å². The molecule has 8 heavy (non-hydrogen) atoms. The van der Waals surface area contributed by atoms with E-state index in [2.05, 4.69) is 4.58 Å². The Kier molecular flexibility index (Phi) is 13.6. The molecule has 4 N–H and O–H groups in total. The number of rotatable bonds is 1. The molecule has 0 rings (SSSR count). The summed E-state index contributed by atoms with van der Waals surface area (Å²) in [6.07, 6.45) is 0. The van der Waals surface area contributed by atoms with Crippen molar-refractivity contribution in [1.82, 2.24) is 0 Å². The first kappa shape index (κ1) is 16.3. The zero-order chi connectivity index (χ0) is 5.21. The van der Waals surface area contributed by atoms with Gasteiger partial charge in [-0.25, -0.2) is 0 Å².